The summed E-state index contributed by atoms with van der Waals surface area (Å²) in [5.74, 6) is 3.20. The van der Waals surface area contributed by atoms with E-state index in [-0.39, 0.29) is 28.2 Å². The van der Waals surface area contributed by atoms with Gasteiger partial charge >= 0.3 is 0 Å². The molecule has 4 heterocycles. The quantitative estimate of drug-likeness (QED) is 0.135. The Kier molecular flexibility index (Phi) is 13.8. The van der Waals surface area contributed by atoms with Gasteiger partial charge in [0, 0.05) is 81.7 Å². The van der Waals surface area contributed by atoms with Gasteiger partial charge in [-0.15, -0.1) is 0 Å². The van der Waals surface area contributed by atoms with Crippen LogP contribution in [0.5, 0.6) is 0 Å². The van der Waals surface area contributed by atoms with Gasteiger partial charge in [-0.2, -0.15) is 0 Å². The lowest BCUT2D eigenvalue weighted by Crippen LogP contribution is -2.30. The third kappa shape index (κ3) is 10.5. The number of ether oxygens (including phenoxy) is 2. The van der Waals surface area contributed by atoms with Crippen LogP contribution in [0.25, 0.3) is 22.1 Å². The molecule has 2 N–H and O–H groups in total. The van der Waals surface area contributed by atoms with Crippen molar-refractivity contribution >= 4 is 55.1 Å². The molecular weight excluding hydrogens is 763 g/mol. The molecule has 0 radical (unpaired) electrons. The predicted molar refractivity (Wildman–Crippen MR) is 239 cm³/mol. The van der Waals surface area contributed by atoms with E-state index in [1.807, 2.05) is 25.1 Å². The molecule has 5 aromatic rings. The van der Waals surface area contributed by atoms with E-state index in [0.29, 0.717) is 23.2 Å². The zero-order valence-corrected chi connectivity index (χ0v) is 37.4. The molecule has 2 aliphatic heterocycles. The molecule has 7 rings (SSSR count). The summed E-state index contributed by atoms with van der Waals surface area (Å²) in [4.78, 5) is 21.4. The summed E-state index contributed by atoms with van der Waals surface area (Å²) < 4.78 is 44.3. The molecule has 2 aliphatic rings. The molecule has 2 aromatic heterocycles. The van der Waals surface area contributed by atoms with Gasteiger partial charge in [0.1, 0.15) is 11.6 Å². The highest BCUT2D eigenvalue weighted by atomic mass is 32.2. The van der Waals surface area contributed by atoms with Gasteiger partial charge in [0.25, 0.3) is 10.0 Å². The van der Waals surface area contributed by atoms with Crippen LogP contribution in [0.2, 0.25) is 0 Å². The van der Waals surface area contributed by atoms with E-state index in [0.717, 1.165) is 99.8 Å². The minimum Gasteiger partial charge on any atom is -0.385 e. The van der Waals surface area contributed by atoms with Crippen molar-refractivity contribution in [3.8, 4) is 0 Å². The lowest BCUT2D eigenvalue weighted by atomic mass is 9.94. The fraction of sp³-hybridized carbons (Fsp3) is 0.543. The van der Waals surface area contributed by atoms with Crippen LogP contribution < -0.4 is 14.9 Å². The van der Waals surface area contributed by atoms with Crippen molar-refractivity contribution in [1.29, 1.82) is 0 Å². The molecule has 0 aliphatic carbocycles. The lowest BCUT2D eigenvalue weighted by Gasteiger charge is -2.26. The van der Waals surface area contributed by atoms with Gasteiger partial charge in [-0.3, -0.25) is 9.10 Å². The molecule has 0 unspecified atom stereocenters. The third-order valence-corrected chi connectivity index (χ3v) is 13.0. The van der Waals surface area contributed by atoms with Crippen molar-refractivity contribution in [2.75, 3.05) is 54.5 Å². The average Bonchev–Trinajstić information content (AvgIpc) is 3.74. The number of hydrogen-bond donors (Lipinski definition) is 2. The maximum atomic E-state index is 13.5. The number of amides is 1. The topological polar surface area (TPSA) is 133 Å². The molecule has 2 fully saturated rings. The molecule has 13 heteroatoms. The Morgan fingerprint density at radius 3 is 1.66 bits per heavy atom. The lowest BCUT2D eigenvalue weighted by molar-refractivity contribution is -0.114. The summed E-state index contributed by atoms with van der Waals surface area (Å²) in [6.07, 6.45) is 4.37. The van der Waals surface area contributed by atoms with Gasteiger partial charge in [-0.1, -0.05) is 41.5 Å². The van der Waals surface area contributed by atoms with E-state index >= 15 is 0 Å². The molecular formula is C46H65N7O5S. The zero-order valence-electron chi connectivity index (χ0n) is 36.6. The summed E-state index contributed by atoms with van der Waals surface area (Å²) in [6, 6.07) is 18.5. The fourth-order valence-electron chi connectivity index (χ4n) is 8.14. The Labute approximate surface area is 351 Å². The van der Waals surface area contributed by atoms with E-state index in [9.17, 15) is 13.2 Å². The minimum atomic E-state index is -3.80. The normalized spacial score (nSPS) is 15.9. The number of imidazole rings is 2. The minimum absolute atomic E-state index is 0.0442. The maximum absolute atomic E-state index is 13.5. The molecule has 59 heavy (non-hydrogen) atoms. The number of anilines is 3. The van der Waals surface area contributed by atoms with Gasteiger partial charge < -0.3 is 29.2 Å². The van der Waals surface area contributed by atoms with E-state index in [1.165, 1.54) is 34.7 Å². The monoisotopic (exact) mass is 827 g/mol. The number of hydrogen-bond acceptors (Lipinski definition) is 8. The Bertz CT molecular complexity index is 2310. The number of rotatable bonds is 11. The van der Waals surface area contributed by atoms with E-state index < -0.39 is 10.0 Å². The van der Waals surface area contributed by atoms with Gasteiger partial charge in [0.2, 0.25) is 5.91 Å². The number of carbonyl (C=O) groups is 1. The number of carbonyl (C=O) groups excluding carboxylic acids is 1. The van der Waals surface area contributed by atoms with E-state index in [2.05, 4.69) is 86.4 Å². The first-order chi connectivity index (χ1) is 28.0. The Hall–Kier alpha value is -4.46. The number of nitrogens with zero attached hydrogens (tertiary/aromatic N) is 5. The SMILES string of the molecule is CCN(c1ccc2c(c1)nc(C(C)(C)C)n2CC1CCOCC1)S(=O)(=O)c1ccc(NC(C)=O)cc1.CCNc1ccc2c(c1)nc(C(C)(C)C)n2CC1CCOCC1. The molecule has 12 nitrogen and oxygen atoms in total. The molecule has 1 amide bonds. The predicted octanol–water partition coefficient (Wildman–Crippen LogP) is 9.13. The molecule has 2 saturated heterocycles. The Balaban J connectivity index is 0.000000219. The van der Waals surface area contributed by atoms with Crippen molar-refractivity contribution < 1.29 is 22.7 Å². The summed E-state index contributed by atoms with van der Waals surface area (Å²) in [6.45, 7) is 25.1. The second-order valence-corrected chi connectivity index (χ2v) is 19.8. The third-order valence-electron chi connectivity index (χ3n) is 11.1. The van der Waals surface area contributed by atoms with Crippen LogP contribution in [0.15, 0.2) is 65.6 Å². The van der Waals surface area contributed by atoms with Crippen LogP contribution in [-0.4, -0.2) is 72.9 Å². The smallest absolute Gasteiger partial charge is 0.264 e. The zero-order chi connectivity index (χ0) is 42.5. The maximum Gasteiger partial charge on any atom is 0.264 e. The first kappa shape index (κ1) is 44.1. The van der Waals surface area contributed by atoms with Crippen LogP contribution in [0.1, 0.15) is 99.6 Å². The molecule has 0 bridgehead atoms. The highest BCUT2D eigenvalue weighted by Gasteiger charge is 2.29. The van der Waals surface area contributed by atoms with Gasteiger partial charge in [0.15, 0.2) is 0 Å². The van der Waals surface area contributed by atoms with Crippen molar-refractivity contribution in [3.63, 3.8) is 0 Å². The van der Waals surface area contributed by atoms with Gasteiger partial charge in [-0.05, 0) is 112 Å². The van der Waals surface area contributed by atoms with E-state index in [4.69, 9.17) is 19.4 Å². The fourth-order valence-corrected chi connectivity index (χ4v) is 9.60. The van der Waals surface area contributed by atoms with E-state index in [1.54, 1.807) is 12.1 Å². The largest absolute Gasteiger partial charge is 0.385 e. The molecule has 0 saturated carbocycles. The van der Waals surface area contributed by atoms with Gasteiger partial charge in [0.05, 0.1) is 32.6 Å². The van der Waals surface area contributed by atoms with Crippen molar-refractivity contribution in [2.24, 2.45) is 11.8 Å². The summed E-state index contributed by atoms with van der Waals surface area (Å²) in [7, 11) is -3.80. The first-order valence-electron chi connectivity index (χ1n) is 21.3. The van der Waals surface area contributed by atoms with Crippen LogP contribution in [-0.2, 0) is 48.2 Å². The van der Waals surface area contributed by atoms with Crippen molar-refractivity contribution in [1.82, 2.24) is 19.1 Å². The van der Waals surface area contributed by atoms with Crippen LogP contribution in [0.3, 0.4) is 0 Å². The molecule has 3 aromatic carbocycles. The second-order valence-electron chi connectivity index (χ2n) is 18.0. The number of benzene rings is 3. The second kappa shape index (κ2) is 18.4. The Morgan fingerprint density at radius 2 is 1.20 bits per heavy atom. The van der Waals surface area contributed by atoms with Crippen molar-refractivity contribution in [3.05, 3.63) is 72.3 Å². The summed E-state index contributed by atoms with van der Waals surface area (Å²) >= 11 is 0. The number of aromatic nitrogens is 4. The van der Waals surface area contributed by atoms with Gasteiger partial charge in [-0.25, -0.2) is 18.4 Å². The first-order valence-corrected chi connectivity index (χ1v) is 22.7. The van der Waals surface area contributed by atoms with Crippen LogP contribution in [0, 0.1) is 11.8 Å². The summed E-state index contributed by atoms with van der Waals surface area (Å²) in [5.41, 5.74) is 6.32. The van der Waals surface area contributed by atoms with Crippen molar-refractivity contribution in [2.45, 2.75) is 117 Å². The number of fused-ring (bicyclic) bond motifs is 2. The molecule has 0 atom stereocenters. The summed E-state index contributed by atoms with van der Waals surface area (Å²) in [5, 5.41) is 6.05. The Morgan fingerprint density at radius 1 is 0.729 bits per heavy atom. The highest BCUT2D eigenvalue weighted by molar-refractivity contribution is 7.92. The molecule has 320 valence electrons. The van der Waals surface area contributed by atoms with Crippen LogP contribution >= 0.6 is 0 Å². The average molecular weight is 828 g/mol. The highest BCUT2D eigenvalue weighted by Crippen LogP contribution is 2.34. The van der Waals surface area contributed by atoms with Crippen LogP contribution in [0.4, 0.5) is 17.1 Å². The molecule has 0 spiro atoms. The number of nitrogens with one attached hydrogen (secondary N) is 2. The standard InChI is InChI=1S/C27H36N4O4S.C19H29N3O/c1-6-31(36(33,34)23-10-7-21(8-11-23)28-19(2)32)22-9-12-25-24(17-22)29-26(27(3,4)5)30(25)18-20-13-15-35-16-14-20;1-5-20-15-6-7-17-16(12-15)21-18(19(2,3)4)22(17)13-14-8-10-23-11-9-14/h7-12,17,20H,6,13-16,18H2,1-5H3,(H,28,32);6-7,12,14,20H,5,8-11,13H2,1-4H3. The number of sulfonamides is 1.